The first-order chi connectivity index (χ1) is 9.60. The molecule has 0 unspecified atom stereocenters. The fourth-order valence-electron chi connectivity index (χ4n) is 1.74. The standard InChI is InChI=1S/C13H15N5O2/c1-9-4-3-5-10(16-9)8-15-13-11(18(19)20)6-7-12(14-2)17-13/h3-7H,8H2,1-2H3,(H2,14,15,17). The molecule has 0 aliphatic rings. The molecule has 2 N–H and O–H groups in total. The SMILES string of the molecule is CNc1ccc([N+](=O)[O-])c(NCc2cccc(C)n2)n1. The molecular weight excluding hydrogens is 258 g/mol. The molecule has 0 saturated carbocycles. The number of rotatable bonds is 5. The quantitative estimate of drug-likeness (QED) is 0.641. The Kier molecular flexibility index (Phi) is 4.09. The van der Waals surface area contributed by atoms with Gasteiger partial charge in [0.2, 0.25) is 5.82 Å². The number of nitrogens with one attached hydrogen (secondary N) is 2. The molecule has 0 radical (unpaired) electrons. The van der Waals surface area contributed by atoms with Gasteiger partial charge in [-0.1, -0.05) is 6.07 Å². The molecule has 0 aromatic carbocycles. The van der Waals surface area contributed by atoms with Crippen molar-refractivity contribution in [1.29, 1.82) is 0 Å². The van der Waals surface area contributed by atoms with Gasteiger partial charge in [-0.05, 0) is 25.1 Å². The molecule has 7 nitrogen and oxygen atoms in total. The third-order valence-corrected chi connectivity index (χ3v) is 2.71. The third-order valence-electron chi connectivity index (χ3n) is 2.71. The van der Waals surface area contributed by atoms with Crippen LogP contribution in [0.25, 0.3) is 0 Å². The van der Waals surface area contributed by atoms with Crippen LogP contribution in [-0.2, 0) is 6.54 Å². The first kappa shape index (κ1) is 13.7. The summed E-state index contributed by atoms with van der Waals surface area (Å²) in [6, 6.07) is 8.63. The molecule has 0 aliphatic carbocycles. The fourth-order valence-corrected chi connectivity index (χ4v) is 1.74. The molecule has 0 atom stereocenters. The van der Waals surface area contributed by atoms with E-state index in [4.69, 9.17) is 0 Å². The topological polar surface area (TPSA) is 93.0 Å². The van der Waals surface area contributed by atoms with Crippen LogP contribution in [-0.4, -0.2) is 21.9 Å². The van der Waals surface area contributed by atoms with Crippen LogP contribution in [0.5, 0.6) is 0 Å². The van der Waals surface area contributed by atoms with Gasteiger partial charge in [-0.15, -0.1) is 0 Å². The van der Waals surface area contributed by atoms with Crippen LogP contribution in [0.2, 0.25) is 0 Å². The monoisotopic (exact) mass is 273 g/mol. The Morgan fingerprint density at radius 3 is 2.70 bits per heavy atom. The Bertz CT molecular complexity index is 630. The van der Waals surface area contributed by atoms with Gasteiger partial charge in [0.1, 0.15) is 5.82 Å². The molecule has 0 saturated heterocycles. The maximum Gasteiger partial charge on any atom is 0.311 e. The first-order valence-corrected chi connectivity index (χ1v) is 6.09. The van der Waals surface area contributed by atoms with Crippen molar-refractivity contribution in [1.82, 2.24) is 9.97 Å². The summed E-state index contributed by atoms with van der Waals surface area (Å²) in [7, 11) is 1.71. The number of aryl methyl sites for hydroxylation is 1. The Balaban J connectivity index is 2.21. The zero-order valence-corrected chi connectivity index (χ0v) is 11.3. The van der Waals surface area contributed by atoms with Crippen LogP contribution in [0.15, 0.2) is 30.3 Å². The molecule has 7 heteroatoms. The van der Waals surface area contributed by atoms with Crippen LogP contribution in [0.1, 0.15) is 11.4 Å². The van der Waals surface area contributed by atoms with Crippen molar-refractivity contribution in [3.63, 3.8) is 0 Å². The van der Waals surface area contributed by atoms with Crippen LogP contribution < -0.4 is 10.6 Å². The summed E-state index contributed by atoms with van der Waals surface area (Å²) in [4.78, 5) is 19.0. The van der Waals surface area contributed by atoms with Crippen molar-refractivity contribution in [2.75, 3.05) is 17.7 Å². The molecule has 0 spiro atoms. The summed E-state index contributed by atoms with van der Waals surface area (Å²) in [6.07, 6.45) is 0. The van der Waals surface area contributed by atoms with Crippen LogP contribution in [0, 0.1) is 17.0 Å². The number of hydrogen-bond donors (Lipinski definition) is 2. The number of hydrogen-bond acceptors (Lipinski definition) is 6. The van der Waals surface area contributed by atoms with Gasteiger partial charge >= 0.3 is 5.69 Å². The first-order valence-electron chi connectivity index (χ1n) is 6.09. The normalized spacial score (nSPS) is 10.1. The van der Waals surface area contributed by atoms with E-state index in [1.54, 1.807) is 13.1 Å². The zero-order chi connectivity index (χ0) is 14.5. The number of nitrogens with zero attached hydrogens (tertiary/aromatic N) is 3. The lowest BCUT2D eigenvalue weighted by Crippen LogP contribution is -2.07. The van der Waals surface area contributed by atoms with Crippen molar-refractivity contribution in [2.24, 2.45) is 0 Å². The third kappa shape index (κ3) is 3.19. The second kappa shape index (κ2) is 5.96. The molecule has 2 aromatic heterocycles. The van der Waals surface area contributed by atoms with Gasteiger partial charge in [-0.3, -0.25) is 15.1 Å². The molecule has 20 heavy (non-hydrogen) atoms. The van der Waals surface area contributed by atoms with Crippen molar-refractivity contribution in [3.05, 3.63) is 51.8 Å². The molecule has 104 valence electrons. The zero-order valence-electron chi connectivity index (χ0n) is 11.3. The lowest BCUT2D eigenvalue weighted by molar-refractivity contribution is -0.384. The van der Waals surface area contributed by atoms with Crippen LogP contribution in [0.4, 0.5) is 17.3 Å². The Morgan fingerprint density at radius 2 is 2.05 bits per heavy atom. The van der Waals surface area contributed by atoms with Gasteiger partial charge in [0, 0.05) is 18.8 Å². The van der Waals surface area contributed by atoms with E-state index in [2.05, 4.69) is 20.6 Å². The van der Waals surface area contributed by atoms with E-state index in [0.717, 1.165) is 11.4 Å². The molecule has 2 rings (SSSR count). The van der Waals surface area contributed by atoms with E-state index < -0.39 is 4.92 Å². The summed E-state index contributed by atoms with van der Waals surface area (Å²) in [5.41, 5.74) is 1.64. The minimum Gasteiger partial charge on any atom is -0.373 e. The van der Waals surface area contributed by atoms with Crippen molar-refractivity contribution in [3.8, 4) is 0 Å². The Labute approximate surface area is 116 Å². The average Bonchev–Trinajstić information content (AvgIpc) is 2.44. The van der Waals surface area contributed by atoms with Crippen molar-refractivity contribution < 1.29 is 4.92 Å². The lowest BCUT2D eigenvalue weighted by atomic mass is 10.3. The fraction of sp³-hybridized carbons (Fsp3) is 0.231. The molecule has 2 heterocycles. The summed E-state index contributed by atoms with van der Waals surface area (Å²) in [5, 5.41) is 16.8. The van der Waals surface area contributed by atoms with Gasteiger partial charge in [0.15, 0.2) is 0 Å². The maximum atomic E-state index is 11.0. The number of aromatic nitrogens is 2. The Morgan fingerprint density at radius 1 is 1.25 bits per heavy atom. The van der Waals surface area contributed by atoms with E-state index in [-0.39, 0.29) is 11.5 Å². The van der Waals surface area contributed by atoms with Crippen LogP contribution in [0.3, 0.4) is 0 Å². The Hall–Kier alpha value is -2.70. The average molecular weight is 273 g/mol. The predicted octanol–water partition coefficient (Wildman–Crippen LogP) is 2.35. The highest BCUT2D eigenvalue weighted by atomic mass is 16.6. The summed E-state index contributed by atoms with van der Waals surface area (Å²) >= 11 is 0. The summed E-state index contributed by atoms with van der Waals surface area (Å²) in [5.74, 6) is 0.792. The van der Waals surface area contributed by atoms with Crippen molar-refractivity contribution >= 4 is 17.3 Å². The van der Waals surface area contributed by atoms with Gasteiger partial charge < -0.3 is 10.6 Å². The summed E-state index contributed by atoms with van der Waals surface area (Å²) < 4.78 is 0. The van der Waals surface area contributed by atoms with Crippen LogP contribution >= 0.6 is 0 Å². The van der Waals surface area contributed by atoms with E-state index in [9.17, 15) is 10.1 Å². The highest BCUT2D eigenvalue weighted by Crippen LogP contribution is 2.24. The predicted molar refractivity (Wildman–Crippen MR) is 76.7 cm³/mol. The second-order valence-corrected chi connectivity index (χ2v) is 4.20. The molecule has 2 aromatic rings. The van der Waals surface area contributed by atoms with Gasteiger partial charge in [-0.2, -0.15) is 0 Å². The van der Waals surface area contributed by atoms with E-state index in [0.29, 0.717) is 12.4 Å². The van der Waals surface area contributed by atoms with E-state index in [1.807, 2.05) is 25.1 Å². The highest BCUT2D eigenvalue weighted by Gasteiger charge is 2.15. The molecule has 0 amide bonds. The second-order valence-electron chi connectivity index (χ2n) is 4.20. The minimum absolute atomic E-state index is 0.0587. The molecular formula is C13H15N5O2. The maximum absolute atomic E-state index is 11.0. The van der Waals surface area contributed by atoms with Crippen molar-refractivity contribution in [2.45, 2.75) is 13.5 Å². The van der Waals surface area contributed by atoms with E-state index >= 15 is 0 Å². The largest absolute Gasteiger partial charge is 0.373 e. The van der Waals surface area contributed by atoms with E-state index in [1.165, 1.54) is 6.07 Å². The van der Waals surface area contributed by atoms with Gasteiger partial charge in [0.05, 0.1) is 17.2 Å². The van der Waals surface area contributed by atoms with Gasteiger partial charge in [-0.25, -0.2) is 4.98 Å². The highest BCUT2D eigenvalue weighted by molar-refractivity contribution is 5.60. The molecule has 0 bridgehead atoms. The molecule has 0 fully saturated rings. The van der Waals surface area contributed by atoms with Gasteiger partial charge in [0.25, 0.3) is 0 Å². The number of anilines is 2. The number of nitro groups is 1. The molecule has 0 aliphatic heterocycles. The smallest absolute Gasteiger partial charge is 0.311 e. The lowest BCUT2D eigenvalue weighted by Gasteiger charge is -2.08. The summed E-state index contributed by atoms with van der Waals surface area (Å²) in [6.45, 7) is 2.27. The number of pyridine rings is 2. The minimum atomic E-state index is -0.460.